The first-order valence-electron chi connectivity index (χ1n) is 7.59. The lowest BCUT2D eigenvalue weighted by molar-refractivity contribution is -0.417. The molecule has 0 aliphatic heterocycles. The van der Waals surface area contributed by atoms with E-state index in [2.05, 4.69) is 20.6 Å². The molecule has 4 rings (SSSR count). The minimum absolute atomic E-state index is 0.0435. The Morgan fingerprint density at radius 3 is 2.04 bits per heavy atom. The number of rotatable bonds is 4. The van der Waals surface area contributed by atoms with Crippen molar-refractivity contribution in [2.24, 2.45) is 0 Å². The molecule has 134 valence electrons. The molecule has 2 heterocycles. The molecule has 0 aliphatic rings. The van der Waals surface area contributed by atoms with Crippen LogP contribution in [0.1, 0.15) is 0 Å². The lowest BCUT2D eigenvalue weighted by Crippen LogP contribution is -2.06. The van der Waals surface area contributed by atoms with Gasteiger partial charge in [0.1, 0.15) is 16.2 Å². The standard InChI is InChI=1S/C16H9Cl2N7O2/c17-15(23-12-7-3-1-5-10(12)19-21-23)9-14(25(26)27)16(18)24-13-8-4-2-6-11(13)20-22-24/h1-9H/b15-9+,16-14-. The minimum Gasteiger partial charge on any atom is -0.258 e. The van der Waals surface area contributed by atoms with Gasteiger partial charge in [-0.2, -0.15) is 4.68 Å². The molecule has 11 heteroatoms. The van der Waals surface area contributed by atoms with Gasteiger partial charge in [0, 0.05) is 0 Å². The topological polar surface area (TPSA) is 105 Å². The molecule has 0 spiro atoms. The van der Waals surface area contributed by atoms with Crippen molar-refractivity contribution in [3.8, 4) is 0 Å². The van der Waals surface area contributed by atoms with Crippen LogP contribution >= 0.6 is 23.2 Å². The fraction of sp³-hybridized carbons (Fsp3) is 0. The van der Waals surface area contributed by atoms with E-state index in [1.165, 1.54) is 9.36 Å². The SMILES string of the molecule is O=[N+]([O-])C(/C=C(\Cl)n1nnc2ccccc21)=C(/Cl)n1nnc2ccccc21. The predicted molar refractivity (Wildman–Crippen MR) is 101 cm³/mol. The zero-order valence-electron chi connectivity index (χ0n) is 13.4. The molecule has 0 unspecified atom stereocenters. The third kappa shape index (κ3) is 3.03. The van der Waals surface area contributed by atoms with Gasteiger partial charge in [-0.1, -0.05) is 57.9 Å². The van der Waals surface area contributed by atoms with Gasteiger partial charge in [-0.15, -0.1) is 10.2 Å². The molecule has 0 fully saturated rings. The molecule has 0 radical (unpaired) electrons. The highest BCUT2D eigenvalue weighted by molar-refractivity contribution is 6.47. The number of nitro groups is 1. The van der Waals surface area contributed by atoms with Gasteiger partial charge in [-0.3, -0.25) is 10.1 Å². The van der Waals surface area contributed by atoms with Crippen molar-refractivity contribution in [3.05, 3.63) is 70.4 Å². The van der Waals surface area contributed by atoms with Crippen LogP contribution in [-0.4, -0.2) is 34.9 Å². The van der Waals surface area contributed by atoms with E-state index in [-0.39, 0.29) is 10.3 Å². The van der Waals surface area contributed by atoms with Gasteiger partial charge in [0.2, 0.25) is 5.16 Å². The van der Waals surface area contributed by atoms with Crippen molar-refractivity contribution in [2.75, 3.05) is 0 Å². The minimum atomic E-state index is -0.652. The lowest BCUT2D eigenvalue weighted by Gasteiger charge is -2.02. The highest BCUT2D eigenvalue weighted by Gasteiger charge is 2.21. The first-order chi connectivity index (χ1) is 13.1. The van der Waals surface area contributed by atoms with E-state index < -0.39 is 10.6 Å². The van der Waals surface area contributed by atoms with E-state index in [0.717, 1.165) is 6.08 Å². The van der Waals surface area contributed by atoms with Crippen molar-refractivity contribution in [3.63, 3.8) is 0 Å². The molecule has 27 heavy (non-hydrogen) atoms. The third-order valence-electron chi connectivity index (χ3n) is 3.76. The van der Waals surface area contributed by atoms with Crippen LogP contribution in [0.25, 0.3) is 32.4 Å². The molecular formula is C16H9Cl2N7O2. The summed E-state index contributed by atoms with van der Waals surface area (Å²) < 4.78 is 2.46. The van der Waals surface area contributed by atoms with Crippen LogP contribution in [0.2, 0.25) is 0 Å². The molecule has 2 aromatic heterocycles. The van der Waals surface area contributed by atoms with Crippen LogP contribution < -0.4 is 0 Å². The molecule has 4 aromatic rings. The summed E-state index contributed by atoms with van der Waals surface area (Å²) in [7, 11) is 0. The summed E-state index contributed by atoms with van der Waals surface area (Å²) in [6, 6.07) is 14.0. The molecule has 0 atom stereocenters. The number of halogens is 2. The van der Waals surface area contributed by atoms with Crippen LogP contribution in [0.3, 0.4) is 0 Å². The maximum absolute atomic E-state index is 11.6. The van der Waals surface area contributed by atoms with E-state index in [9.17, 15) is 10.1 Å². The molecule has 0 N–H and O–H groups in total. The first kappa shape index (κ1) is 17.1. The quantitative estimate of drug-likeness (QED) is 0.294. The number of aromatic nitrogens is 6. The molecule has 0 saturated carbocycles. The van der Waals surface area contributed by atoms with Crippen molar-refractivity contribution >= 4 is 55.6 Å². The van der Waals surface area contributed by atoms with Crippen molar-refractivity contribution in [1.29, 1.82) is 0 Å². The highest BCUT2D eigenvalue weighted by Crippen LogP contribution is 2.25. The summed E-state index contributed by atoms with van der Waals surface area (Å²) >= 11 is 12.5. The fourth-order valence-electron chi connectivity index (χ4n) is 2.51. The molecule has 9 nitrogen and oxygen atoms in total. The molecule has 0 amide bonds. The number of hydrogen-bond donors (Lipinski definition) is 0. The van der Waals surface area contributed by atoms with Crippen molar-refractivity contribution in [2.45, 2.75) is 0 Å². The van der Waals surface area contributed by atoms with E-state index >= 15 is 0 Å². The molecular weight excluding hydrogens is 393 g/mol. The second-order valence-corrected chi connectivity index (χ2v) is 6.13. The summed E-state index contributed by atoms with van der Waals surface area (Å²) in [5, 5.41) is 27.0. The van der Waals surface area contributed by atoms with E-state index in [4.69, 9.17) is 23.2 Å². The number of nitrogens with zero attached hydrogens (tertiary/aromatic N) is 7. The fourth-order valence-corrected chi connectivity index (χ4v) is 2.99. The van der Waals surface area contributed by atoms with Crippen LogP contribution in [0, 0.1) is 10.1 Å². The summed E-state index contributed by atoms with van der Waals surface area (Å²) in [6.07, 6.45) is 1.10. The van der Waals surface area contributed by atoms with Crippen molar-refractivity contribution < 1.29 is 4.92 Å². The smallest absolute Gasteiger partial charge is 0.258 e. The first-order valence-corrected chi connectivity index (χ1v) is 8.35. The summed E-state index contributed by atoms with van der Waals surface area (Å²) in [5.41, 5.74) is 1.82. The summed E-state index contributed by atoms with van der Waals surface area (Å²) in [6.45, 7) is 0. The second kappa shape index (κ2) is 6.78. The normalized spacial score (nSPS) is 13.2. The number of fused-ring (bicyclic) bond motifs is 2. The molecule has 2 aromatic carbocycles. The van der Waals surface area contributed by atoms with Gasteiger partial charge in [0.05, 0.1) is 22.0 Å². The number of allylic oxidation sites excluding steroid dienone is 1. The Morgan fingerprint density at radius 2 is 1.44 bits per heavy atom. The van der Waals surface area contributed by atoms with E-state index in [0.29, 0.717) is 22.1 Å². The second-order valence-electron chi connectivity index (χ2n) is 5.38. The van der Waals surface area contributed by atoms with Crippen LogP contribution in [0.4, 0.5) is 0 Å². The Bertz CT molecular complexity index is 1240. The van der Waals surface area contributed by atoms with Gasteiger partial charge in [-0.05, 0) is 24.3 Å². The maximum atomic E-state index is 11.6. The zero-order valence-corrected chi connectivity index (χ0v) is 14.9. The average molecular weight is 402 g/mol. The van der Waals surface area contributed by atoms with Gasteiger partial charge >= 0.3 is 5.70 Å². The predicted octanol–water partition coefficient (Wildman–Crippen LogP) is 3.56. The Kier molecular flexibility index (Phi) is 4.30. The highest BCUT2D eigenvalue weighted by atomic mass is 35.5. The average Bonchev–Trinajstić information content (AvgIpc) is 3.29. The Labute approximate surface area is 161 Å². The number of para-hydroxylation sites is 2. The van der Waals surface area contributed by atoms with Crippen LogP contribution in [-0.2, 0) is 0 Å². The van der Waals surface area contributed by atoms with Gasteiger partial charge in [0.15, 0.2) is 0 Å². The Hall–Kier alpha value is -3.30. The van der Waals surface area contributed by atoms with Crippen molar-refractivity contribution in [1.82, 2.24) is 30.0 Å². The van der Waals surface area contributed by atoms with Gasteiger partial charge in [0.25, 0.3) is 0 Å². The zero-order chi connectivity index (χ0) is 19.0. The van der Waals surface area contributed by atoms with Crippen LogP contribution in [0.5, 0.6) is 0 Å². The number of benzene rings is 2. The summed E-state index contributed by atoms with van der Waals surface area (Å²) in [5.74, 6) is 0. The lowest BCUT2D eigenvalue weighted by atomic mass is 10.3. The number of hydrogen-bond acceptors (Lipinski definition) is 6. The third-order valence-corrected chi connectivity index (χ3v) is 4.38. The van der Waals surface area contributed by atoms with E-state index in [1.807, 2.05) is 0 Å². The van der Waals surface area contributed by atoms with E-state index in [1.54, 1.807) is 48.5 Å². The summed E-state index contributed by atoms with van der Waals surface area (Å²) in [4.78, 5) is 10.9. The molecule has 0 aliphatic carbocycles. The largest absolute Gasteiger partial charge is 0.309 e. The Morgan fingerprint density at radius 1 is 0.926 bits per heavy atom. The monoisotopic (exact) mass is 401 g/mol. The maximum Gasteiger partial charge on any atom is 0.309 e. The molecule has 0 bridgehead atoms. The van der Waals surface area contributed by atoms with Gasteiger partial charge < -0.3 is 0 Å². The molecule has 0 saturated heterocycles. The Balaban J connectivity index is 1.86. The van der Waals surface area contributed by atoms with Crippen LogP contribution in [0.15, 0.2) is 60.3 Å². The van der Waals surface area contributed by atoms with Gasteiger partial charge in [-0.25, -0.2) is 4.68 Å².